The minimum atomic E-state index is 0.611. The third-order valence-electron chi connectivity index (χ3n) is 1.61. The maximum absolute atomic E-state index is 4.96. The van der Waals surface area contributed by atoms with Crippen molar-refractivity contribution in [1.82, 2.24) is 10.5 Å². The van der Waals surface area contributed by atoms with Crippen molar-refractivity contribution in [3.63, 3.8) is 0 Å². The normalized spacial score (nSPS) is 15.3. The molecule has 0 aliphatic carbocycles. The molecule has 1 aromatic rings. The molecule has 0 aromatic carbocycles. The monoisotopic (exact) mass is 140 g/mol. The van der Waals surface area contributed by atoms with Gasteiger partial charge in [-0.3, -0.25) is 0 Å². The van der Waals surface area contributed by atoms with Crippen LogP contribution in [0.3, 0.4) is 0 Å². The average Bonchev–Trinajstić information content (AvgIpc) is 2.44. The summed E-state index contributed by atoms with van der Waals surface area (Å²) < 4.78 is 9.91. The fraction of sp³-hybridized carbons (Fsp3) is 0.500. The first-order valence-electron chi connectivity index (χ1n) is 3.14. The SMILES string of the molecule is COc1noc2c1CNC2. The van der Waals surface area contributed by atoms with Crippen LogP contribution in [0.15, 0.2) is 4.52 Å². The van der Waals surface area contributed by atoms with Crippen molar-refractivity contribution in [1.29, 1.82) is 0 Å². The maximum atomic E-state index is 4.96. The zero-order chi connectivity index (χ0) is 6.97. The molecule has 1 aliphatic rings. The lowest BCUT2D eigenvalue weighted by Crippen LogP contribution is -2.01. The van der Waals surface area contributed by atoms with Gasteiger partial charge in [-0.15, -0.1) is 0 Å². The Balaban J connectivity index is 2.44. The maximum Gasteiger partial charge on any atom is 0.258 e. The zero-order valence-electron chi connectivity index (χ0n) is 5.68. The van der Waals surface area contributed by atoms with Crippen LogP contribution in [0.25, 0.3) is 0 Å². The Morgan fingerprint density at radius 3 is 3.30 bits per heavy atom. The van der Waals surface area contributed by atoms with Crippen molar-refractivity contribution in [2.45, 2.75) is 13.1 Å². The van der Waals surface area contributed by atoms with E-state index in [9.17, 15) is 0 Å². The summed E-state index contributed by atoms with van der Waals surface area (Å²) in [7, 11) is 1.59. The lowest BCUT2D eigenvalue weighted by molar-refractivity contribution is 0.321. The van der Waals surface area contributed by atoms with E-state index in [1.165, 1.54) is 0 Å². The molecule has 0 atom stereocenters. The zero-order valence-corrected chi connectivity index (χ0v) is 5.68. The first kappa shape index (κ1) is 5.73. The lowest BCUT2D eigenvalue weighted by atomic mass is 10.3. The van der Waals surface area contributed by atoms with Crippen molar-refractivity contribution in [3.05, 3.63) is 11.3 Å². The fourth-order valence-corrected chi connectivity index (χ4v) is 1.10. The van der Waals surface area contributed by atoms with Crippen molar-refractivity contribution in [2.24, 2.45) is 0 Å². The van der Waals surface area contributed by atoms with E-state index in [1.54, 1.807) is 7.11 Å². The Bertz CT molecular complexity index is 244. The van der Waals surface area contributed by atoms with Crippen LogP contribution in [-0.2, 0) is 13.1 Å². The Kier molecular flexibility index (Phi) is 1.14. The van der Waals surface area contributed by atoms with Crippen LogP contribution in [-0.4, -0.2) is 12.3 Å². The van der Waals surface area contributed by atoms with Crippen LogP contribution < -0.4 is 10.1 Å². The van der Waals surface area contributed by atoms with Gasteiger partial charge in [0, 0.05) is 6.54 Å². The smallest absolute Gasteiger partial charge is 0.258 e. The van der Waals surface area contributed by atoms with Crippen LogP contribution in [0, 0.1) is 0 Å². The van der Waals surface area contributed by atoms with Crippen LogP contribution in [0.2, 0.25) is 0 Å². The molecule has 1 aromatic heterocycles. The summed E-state index contributed by atoms with van der Waals surface area (Å²) in [5.41, 5.74) is 1.06. The quantitative estimate of drug-likeness (QED) is 0.609. The minimum Gasteiger partial charge on any atom is -0.479 e. The number of nitrogens with zero attached hydrogens (tertiary/aromatic N) is 1. The highest BCUT2D eigenvalue weighted by molar-refractivity contribution is 5.30. The first-order chi connectivity index (χ1) is 4.92. The molecule has 0 unspecified atom stereocenters. The van der Waals surface area contributed by atoms with Crippen LogP contribution in [0.5, 0.6) is 5.88 Å². The summed E-state index contributed by atoms with van der Waals surface area (Å²) in [6, 6.07) is 0. The predicted molar refractivity (Wildman–Crippen MR) is 33.6 cm³/mol. The first-order valence-corrected chi connectivity index (χ1v) is 3.14. The highest BCUT2D eigenvalue weighted by Gasteiger charge is 2.20. The molecular weight excluding hydrogens is 132 g/mol. The fourth-order valence-electron chi connectivity index (χ4n) is 1.10. The van der Waals surface area contributed by atoms with Gasteiger partial charge in [0.15, 0.2) is 5.76 Å². The van der Waals surface area contributed by atoms with E-state index in [2.05, 4.69) is 10.5 Å². The molecule has 4 nitrogen and oxygen atoms in total. The standard InChI is InChI=1S/C6H8N2O2/c1-9-6-4-2-7-3-5(4)10-8-6/h7H,2-3H2,1H3. The Labute approximate surface area is 58.1 Å². The van der Waals surface area contributed by atoms with Gasteiger partial charge in [-0.25, -0.2) is 0 Å². The molecule has 0 fully saturated rings. The minimum absolute atomic E-state index is 0.611. The molecule has 1 N–H and O–H groups in total. The van der Waals surface area contributed by atoms with E-state index in [-0.39, 0.29) is 0 Å². The van der Waals surface area contributed by atoms with E-state index >= 15 is 0 Å². The number of rotatable bonds is 1. The van der Waals surface area contributed by atoms with Gasteiger partial charge in [0.2, 0.25) is 0 Å². The second kappa shape index (κ2) is 1.98. The number of methoxy groups -OCH3 is 1. The molecule has 1 aliphatic heterocycles. The molecule has 10 heavy (non-hydrogen) atoms. The van der Waals surface area contributed by atoms with Crippen LogP contribution in [0.1, 0.15) is 11.3 Å². The molecule has 2 heterocycles. The van der Waals surface area contributed by atoms with E-state index in [1.807, 2.05) is 0 Å². The number of hydrogen-bond acceptors (Lipinski definition) is 4. The highest BCUT2D eigenvalue weighted by atomic mass is 16.5. The van der Waals surface area contributed by atoms with Gasteiger partial charge >= 0.3 is 0 Å². The summed E-state index contributed by atoms with van der Waals surface area (Å²) in [5, 5.41) is 6.85. The summed E-state index contributed by atoms with van der Waals surface area (Å²) in [6.45, 7) is 1.58. The second-order valence-corrected chi connectivity index (χ2v) is 2.20. The molecule has 2 rings (SSSR count). The Hall–Kier alpha value is -1.03. The molecule has 0 saturated heterocycles. The van der Waals surface area contributed by atoms with Gasteiger partial charge in [0.25, 0.3) is 5.88 Å². The highest BCUT2D eigenvalue weighted by Crippen LogP contribution is 2.24. The number of fused-ring (bicyclic) bond motifs is 1. The summed E-state index contributed by atoms with van der Waals surface area (Å²) in [5.74, 6) is 1.51. The van der Waals surface area contributed by atoms with Crippen molar-refractivity contribution < 1.29 is 9.26 Å². The van der Waals surface area contributed by atoms with E-state index in [0.29, 0.717) is 5.88 Å². The van der Waals surface area contributed by atoms with Crippen molar-refractivity contribution in [2.75, 3.05) is 7.11 Å². The third kappa shape index (κ3) is 0.623. The van der Waals surface area contributed by atoms with Gasteiger partial charge in [0.1, 0.15) is 0 Å². The lowest BCUT2D eigenvalue weighted by Gasteiger charge is -1.92. The second-order valence-electron chi connectivity index (χ2n) is 2.20. The van der Waals surface area contributed by atoms with Gasteiger partial charge in [-0.1, -0.05) is 0 Å². The molecule has 0 radical (unpaired) electrons. The van der Waals surface area contributed by atoms with Gasteiger partial charge < -0.3 is 14.6 Å². The van der Waals surface area contributed by atoms with Crippen molar-refractivity contribution >= 4 is 0 Å². The topological polar surface area (TPSA) is 47.3 Å². The predicted octanol–water partition coefficient (Wildman–Crippen LogP) is 0.286. The molecular formula is C6H8N2O2. The number of nitrogens with one attached hydrogen (secondary N) is 1. The van der Waals surface area contributed by atoms with Gasteiger partial charge in [-0.2, -0.15) is 0 Å². The molecule has 0 amide bonds. The third-order valence-corrected chi connectivity index (χ3v) is 1.61. The van der Waals surface area contributed by atoms with Gasteiger partial charge in [-0.05, 0) is 5.16 Å². The largest absolute Gasteiger partial charge is 0.479 e. The van der Waals surface area contributed by atoms with E-state index < -0.39 is 0 Å². The van der Waals surface area contributed by atoms with E-state index in [0.717, 1.165) is 24.4 Å². The van der Waals surface area contributed by atoms with Crippen LogP contribution >= 0.6 is 0 Å². The van der Waals surface area contributed by atoms with Crippen molar-refractivity contribution in [3.8, 4) is 5.88 Å². The van der Waals surface area contributed by atoms with Crippen LogP contribution in [0.4, 0.5) is 0 Å². The van der Waals surface area contributed by atoms with E-state index in [4.69, 9.17) is 9.26 Å². The molecule has 0 saturated carbocycles. The average molecular weight is 140 g/mol. The summed E-state index contributed by atoms with van der Waals surface area (Å²) >= 11 is 0. The molecule has 0 spiro atoms. The Morgan fingerprint density at radius 2 is 2.50 bits per heavy atom. The summed E-state index contributed by atoms with van der Waals surface area (Å²) in [4.78, 5) is 0. The molecule has 54 valence electrons. The summed E-state index contributed by atoms with van der Waals surface area (Å²) in [6.07, 6.45) is 0. The van der Waals surface area contributed by atoms with Gasteiger partial charge in [0.05, 0.1) is 19.2 Å². The number of aromatic nitrogens is 1. The Morgan fingerprint density at radius 1 is 1.60 bits per heavy atom. The molecule has 0 bridgehead atoms. The number of hydrogen-bond donors (Lipinski definition) is 1. The molecule has 4 heteroatoms. The number of ether oxygens (including phenoxy) is 1.